The van der Waals surface area contributed by atoms with E-state index in [0.717, 1.165) is 39.3 Å². The molecule has 0 saturated heterocycles. The Morgan fingerprint density at radius 3 is 2.39 bits per heavy atom. The van der Waals surface area contributed by atoms with Gasteiger partial charge in [-0.3, -0.25) is 0 Å². The SMILES string of the molecule is C=C/C=C(NC)\C(=C/C)c1cccc2c1c(C=C)c(/C=C\C)n2-c1ccc2ccccc2c1. The number of benzene rings is 3. The summed E-state index contributed by atoms with van der Waals surface area (Å²) in [5, 5.41) is 6.97. The highest BCUT2D eigenvalue weighted by Gasteiger charge is 2.20. The molecule has 1 aromatic heterocycles. The molecule has 0 fully saturated rings. The van der Waals surface area contributed by atoms with Gasteiger partial charge in [0, 0.05) is 35.0 Å². The zero-order chi connectivity index (χ0) is 23.4. The highest BCUT2D eigenvalue weighted by molar-refractivity contribution is 6.04. The van der Waals surface area contributed by atoms with Gasteiger partial charge in [0.2, 0.25) is 0 Å². The van der Waals surface area contributed by atoms with E-state index in [9.17, 15) is 0 Å². The molecule has 0 amide bonds. The summed E-state index contributed by atoms with van der Waals surface area (Å²) in [6, 6.07) is 21.6. The predicted octanol–water partition coefficient (Wildman–Crippen LogP) is 8.15. The molecule has 4 aromatic rings. The molecule has 0 aliphatic carbocycles. The third-order valence-electron chi connectivity index (χ3n) is 6.01. The summed E-state index contributed by atoms with van der Waals surface area (Å²) >= 11 is 0. The van der Waals surface area contributed by atoms with E-state index in [2.05, 4.69) is 116 Å². The van der Waals surface area contributed by atoms with Crippen LogP contribution in [0.15, 0.2) is 104 Å². The van der Waals surface area contributed by atoms with Gasteiger partial charge in [-0.05, 0) is 60.5 Å². The van der Waals surface area contributed by atoms with Crippen molar-refractivity contribution in [2.24, 2.45) is 0 Å². The van der Waals surface area contributed by atoms with Gasteiger partial charge >= 0.3 is 0 Å². The average molecular weight is 431 g/mol. The number of aromatic nitrogens is 1. The molecular weight excluding hydrogens is 400 g/mol. The second kappa shape index (κ2) is 9.62. The van der Waals surface area contributed by atoms with Gasteiger partial charge in [-0.15, -0.1) is 0 Å². The lowest BCUT2D eigenvalue weighted by atomic mass is 9.95. The van der Waals surface area contributed by atoms with Crippen LogP contribution in [-0.2, 0) is 0 Å². The first-order valence-corrected chi connectivity index (χ1v) is 11.3. The van der Waals surface area contributed by atoms with E-state index in [1.165, 1.54) is 16.2 Å². The van der Waals surface area contributed by atoms with Gasteiger partial charge in [0.1, 0.15) is 0 Å². The van der Waals surface area contributed by atoms with Crippen LogP contribution >= 0.6 is 0 Å². The fraction of sp³-hybridized carbons (Fsp3) is 0.0968. The molecule has 0 spiro atoms. The summed E-state index contributed by atoms with van der Waals surface area (Å²) in [5.74, 6) is 0. The largest absolute Gasteiger partial charge is 0.388 e. The van der Waals surface area contributed by atoms with Crippen LogP contribution < -0.4 is 5.32 Å². The van der Waals surface area contributed by atoms with Crippen molar-refractivity contribution in [3.05, 3.63) is 121 Å². The topological polar surface area (TPSA) is 17.0 Å². The fourth-order valence-electron chi connectivity index (χ4n) is 4.62. The Morgan fingerprint density at radius 1 is 0.939 bits per heavy atom. The molecule has 33 heavy (non-hydrogen) atoms. The summed E-state index contributed by atoms with van der Waals surface area (Å²) < 4.78 is 2.34. The van der Waals surface area contributed by atoms with Crippen molar-refractivity contribution in [2.75, 3.05) is 7.05 Å². The minimum Gasteiger partial charge on any atom is -0.388 e. The van der Waals surface area contributed by atoms with Crippen molar-refractivity contribution in [3.63, 3.8) is 0 Å². The summed E-state index contributed by atoms with van der Waals surface area (Å²) in [7, 11) is 1.94. The molecule has 0 radical (unpaired) electrons. The lowest BCUT2D eigenvalue weighted by Gasteiger charge is -2.14. The fourth-order valence-corrected chi connectivity index (χ4v) is 4.62. The normalized spacial score (nSPS) is 12.6. The quantitative estimate of drug-likeness (QED) is 0.293. The Kier molecular flexibility index (Phi) is 6.46. The summed E-state index contributed by atoms with van der Waals surface area (Å²) in [6.07, 6.45) is 12.2. The van der Waals surface area contributed by atoms with E-state index in [1.807, 2.05) is 25.3 Å². The second-order valence-corrected chi connectivity index (χ2v) is 7.84. The van der Waals surface area contributed by atoms with Crippen LogP contribution in [0.2, 0.25) is 0 Å². The van der Waals surface area contributed by atoms with E-state index >= 15 is 0 Å². The molecule has 164 valence electrons. The number of hydrogen-bond acceptors (Lipinski definition) is 1. The first kappa shape index (κ1) is 22.2. The van der Waals surface area contributed by atoms with Crippen LogP contribution in [-0.4, -0.2) is 11.6 Å². The first-order valence-electron chi connectivity index (χ1n) is 11.3. The van der Waals surface area contributed by atoms with Gasteiger partial charge in [-0.2, -0.15) is 0 Å². The van der Waals surface area contributed by atoms with Gasteiger partial charge in [0.05, 0.1) is 11.2 Å². The summed E-state index contributed by atoms with van der Waals surface area (Å²) in [4.78, 5) is 0. The van der Waals surface area contributed by atoms with Crippen LogP contribution in [0, 0.1) is 0 Å². The van der Waals surface area contributed by atoms with Crippen LogP contribution in [0.3, 0.4) is 0 Å². The van der Waals surface area contributed by atoms with E-state index in [1.54, 1.807) is 0 Å². The molecule has 2 heteroatoms. The number of nitrogens with zero attached hydrogens (tertiary/aromatic N) is 1. The molecule has 0 aliphatic heterocycles. The van der Waals surface area contributed by atoms with Gasteiger partial charge in [-0.1, -0.05) is 79.9 Å². The molecule has 0 atom stereocenters. The standard InChI is InChI=1S/C31H30N2/c1-6-13-28(32-5)25(8-3)27-17-12-18-30-31(27)26(9-4)29(14-7-2)33(30)24-20-19-22-15-10-11-16-23(22)21-24/h6-21,32H,1,4H2,2-3,5H3/b14-7-,25-8-,28-13+. The highest BCUT2D eigenvalue weighted by atomic mass is 15.0. The highest BCUT2D eigenvalue weighted by Crippen LogP contribution is 2.38. The maximum Gasteiger partial charge on any atom is 0.0547 e. The molecule has 0 aliphatic rings. The van der Waals surface area contributed by atoms with Gasteiger partial charge < -0.3 is 9.88 Å². The Labute approximate surface area is 196 Å². The number of hydrogen-bond donors (Lipinski definition) is 1. The van der Waals surface area contributed by atoms with Crippen molar-refractivity contribution >= 4 is 39.4 Å². The third kappa shape index (κ3) is 3.85. The average Bonchev–Trinajstić information content (AvgIpc) is 3.17. The maximum absolute atomic E-state index is 4.20. The molecular formula is C31H30N2. The Balaban J connectivity index is 2.11. The van der Waals surface area contributed by atoms with Gasteiger partial charge in [0.15, 0.2) is 0 Å². The molecule has 1 N–H and O–H groups in total. The summed E-state index contributed by atoms with van der Waals surface area (Å²) in [5.41, 5.74) is 7.86. The van der Waals surface area contributed by atoms with Crippen molar-refractivity contribution < 1.29 is 0 Å². The lowest BCUT2D eigenvalue weighted by Crippen LogP contribution is -2.08. The van der Waals surface area contributed by atoms with Gasteiger partial charge in [-0.25, -0.2) is 0 Å². The third-order valence-corrected chi connectivity index (χ3v) is 6.01. The first-order chi connectivity index (χ1) is 16.2. The van der Waals surface area contributed by atoms with E-state index in [-0.39, 0.29) is 0 Å². The zero-order valence-corrected chi connectivity index (χ0v) is 19.6. The van der Waals surface area contributed by atoms with Crippen molar-refractivity contribution in [2.45, 2.75) is 13.8 Å². The predicted molar refractivity (Wildman–Crippen MR) is 147 cm³/mol. The minimum atomic E-state index is 1.03. The molecule has 1 heterocycles. The van der Waals surface area contributed by atoms with E-state index in [4.69, 9.17) is 0 Å². The Bertz CT molecular complexity index is 1440. The molecule has 3 aromatic carbocycles. The van der Waals surface area contributed by atoms with Crippen molar-refractivity contribution in [1.29, 1.82) is 0 Å². The molecule has 0 unspecified atom stereocenters. The second-order valence-electron chi connectivity index (χ2n) is 7.84. The molecule has 0 bridgehead atoms. The zero-order valence-electron chi connectivity index (χ0n) is 19.6. The molecule has 4 rings (SSSR count). The Hall–Kier alpha value is -4.04. The van der Waals surface area contributed by atoms with E-state index in [0.29, 0.717) is 0 Å². The van der Waals surface area contributed by atoms with Crippen LogP contribution in [0.25, 0.3) is 45.1 Å². The lowest BCUT2D eigenvalue weighted by molar-refractivity contribution is 1.04. The van der Waals surface area contributed by atoms with Crippen molar-refractivity contribution in [1.82, 2.24) is 9.88 Å². The van der Waals surface area contributed by atoms with Crippen molar-refractivity contribution in [3.8, 4) is 5.69 Å². The van der Waals surface area contributed by atoms with E-state index < -0.39 is 0 Å². The molecule has 2 nitrogen and oxygen atoms in total. The number of allylic oxidation sites excluding steroid dienone is 5. The molecule has 0 saturated carbocycles. The smallest absolute Gasteiger partial charge is 0.0547 e. The van der Waals surface area contributed by atoms with Crippen LogP contribution in [0.1, 0.15) is 30.7 Å². The number of likely N-dealkylation sites (N-methyl/N-ethyl adjacent to an activating group) is 1. The van der Waals surface area contributed by atoms with Crippen LogP contribution in [0.4, 0.5) is 0 Å². The van der Waals surface area contributed by atoms with Crippen LogP contribution in [0.5, 0.6) is 0 Å². The number of nitrogens with one attached hydrogen (secondary N) is 1. The maximum atomic E-state index is 4.20. The van der Waals surface area contributed by atoms with Gasteiger partial charge in [0.25, 0.3) is 0 Å². The number of fused-ring (bicyclic) bond motifs is 2. The summed E-state index contributed by atoms with van der Waals surface area (Å²) in [6.45, 7) is 12.2. The monoisotopic (exact) mass is 430 g/mol. The Morgan fingerprint density at radius 2 is 1.73 bits per heavy atom. The number of rotatable bonds is 7. The minimum absolute atomic E-state index is 1.03.